The minimum Gasteiger partial charge on any atom is -0.493 e. The molecule has 2 aliphatic rings. The maximum absolute atomic E-state index is 12.4. The van der Waals surface area contributed by atoms with Crippen molar-refractivity contribution in [2.45, 2.75) is 46.5 Å². The van der Waals surface area contributed by atoms with Gasteiger partial charge in [0.2, 0.25) is 0 Å². The number of ether oxygens (including phenoxy) is 9. The van der Waals surface area contributed by atoms with Crippen molar-refractivity contribution in [2.24, 2.45) is 9.98 Å². The number of aliphatic imine (C=N–C) groups is 2. The number of carbonyl (C=O) groups excluding carboxylic acids is 3. The van der Waals surface area contributed by atoms with Gasteiger partial charge in [-0.3, -0.25) is 9.98 Å². The van der Waals surface area contributed by atoms with Crippen molar-refractivity contribution < 1.29 is 57.0 Å². The van der Waals surface area contributed by atoms with Crippen molar-refractivity contribution in [1.29, 1.82) is 0 Å². The van der Waals surface area contributed by atoms with Gasteiger partial charge in [0.15, 0.2) is 34.5 Å². The fourth-order valence-electron chi connectivity index (χ4n) is 6.46. The second-order valence-corrected chi connectivity index (χ2v) is 12.7. The normalized spacial score (nSPS) is 12.8. The van der Waals surface area contributed by atoms with E-state index in [1.165, 1.54) is 14.2 Å². The van der Waals surface area contributed by atoms with E-state index in [9.17, 15) is 14.4 Å². The summed E-state index contributed by atoms with van der Waals surface area (Å²) in [7, 11) is 3.03. The van der Waals surface area contributed by atoms with Gasteiger partial charge in [-0.25, -0.2) is 14.4 Å². The Bertz CT molecular complexity index is 2180. The molecule has 298 valence electrons. The molecule has 0 atom stereocenters. The van der Waals surface area contributed by atoms with Crippen molar-refractivity contribution in [2.75, 3.05) is 47.1 Å². The zero-order valence-electron chi connectivity index (χ0n) is 32.5. The Labute approximate surface area is 330 Å². The summed E-state index contributed by atoms with van der Waals surface area (Å²) in [4.78, 5) is 46.3. The SMILES string of the molecule is CCOC(=O)Oc1cc2c(cc1OC)CCN=C2Cc1ccc(Oc2cc(CC3=NCCc4cc(OC)c(OC(=O)OCC)cc43)ccc2OC(=O)OCC)cc1. The highest BCUT2D eigenvalue weighted by Gasteiger charge is 2.24. The predicted molar refractivity (Wildman–Crippen MR) is 210 cm³/mol. The van der Waals surface area contributed by atoms with Gasteiger partial charge >= 0.3 is 18.5 Å². The van der Waals surface area contributed by atoms with Crippen LogP contribution in [0, 0.1) is 0 Å². The summed E-state index contributed by atoms with van der Waals surface area (Å²) >= 11 is 0. The fourth-order valence-corrected chi connectivity index (χ4v) is 6.46. The van der Waals surface area contributed by atoms with Gasteiger partial charge in [-0.2, -0.15) is 0 Å². The topological polar surface area (TPSA) is 159 Å². The molecule has 14 nitrogen and oxygen atoms in total. The number of hydrogen-bond acceptors (Lipinski definition) is 14. The third-order valence-electron chi connectivity index (χ3n) is 9.04. The lowest BCUT2D eigenvalue weighted by Gasteiger charge is -2.20. The van der Waals surface area contributed by atoms with E-state index in [1.807, 2.05) is 42.5 Å². The Morgan fingerprint density at radius 2 is 0.982 bits per heavy atom. The molecule has 0 bridgehead atoms. The van der Waals surface area contributed by atoms with Crippen LogP contribution >= 0.6 is 0 Å². The van der Waals surface area contributed by atoms with Crippen LogP contribution in [0.25, 0.3) is 0 Å². The summed E-state index contributed by atoms with van der Waals surface area (Å²) < 4.78 is 48.7. The first-order valence-corrected chi connectivity index (χ1v) is 18.6. The number of methoxy groups -OCH3 is 2. The second-order valence-electron chi connectivity index (χ2n) is 12.7. The highest BCUT2D eigenvalue weighted by atomic mass is 16.7. The van der Waals surface area contributed by atoms with E-state index in [0.29, 0.717) is 55.4 Å². The molecule has 0 aromatic heterocycles. The molecular formula is C43H44N2O12. The van der Waals surface area contributed by atoms with Crippen molar-refractivity contribution in [3.63, 3.8) is 0 Å². The molecule has 4 aromatic carbocycles. The highest BCUT2D eigenvalue weighted by molar-refractivity contribution is 6.05. The van der Waals surface area contributed by atoms with E-state index in [2.05, 4.69) is 0 Å². The molecule has 0 fully saturated rings. The molecule has 0 spiro atoms. The number of nitrogens with zero attached hydrogens (tertiary/aromatic N) is 2. The predicted octanol–water partition coefficient (Wildman–Crippen LogP) is 8.28. The minimum atomic E-state index is -0.860. The average Bonchev–Trinajstić information content (AvgIpc) is 3.20. The number of hydrogen-bond donors (Lipinski definition) is 0. The van der Waals surface area contributed by atoms with Crippen LogP contribution in [0.1, 0.15) is 54.2 Å². The van der Waals surface area contributed by atoms with Gasteiger partial charge < -0.3 is 42.6 Å². The van der Waals surface area contributed by atoms with Crippen LogP contribution in [0.15, 0.2) is 76.7 Å². The number of fused-ring (bicyclic) bond motifs is 2. The monoisotopic (exact) mass is 780 g/mol. The molecule has 2 heterocycles. The van der Waals surface area contributed by atoms with Gasteiger partial charge in [0.05, 0.1) is 34.0 Å². The molecular weight excluding hydrogens is 736 g/mol. The zero-order valence-corrected chi connectivity index (χ0v) is 32.5. The van der Waals surface area contributed by atoms with E-state index in [-0.39, 0.29) is 37.1 Å². The van der Waals surface area contributed by atoms with Crippen molar-refractivity contribution >= 4 is 29.9 Å². The Morgan fingerprint density at radius 1 is 0.526 bits per heavy atom. The molecule has 0 saturated carbocycles. The van der Waals surface area contributed by atoms with Crippen LogP contribution in [0.5, 0.6) is 40.2 Å². The third-order valence-corrected chi connectivity index (χ3v) is 9.04. The van der Waals surface area contributed by atoms with Gasteiger partial charge in [0.1, 0.15) is 5.75 Å². The summed E-state index contributed by atoms with van der Waals surface area (Å²) in [6.07, 6.45) is -0.194. The lowest BCUT2D eigenvalue weighted by Crippen LogP contribution is -2.17. The van der Waals surface area contributed by atoms with Crippen LogP contribution in [0.4, 0.5) is 14.4 Å². The maximum Gasteiger partial charge on any atom is 0.513 e. The summed E-state index contributed by atoms with van der Waals surface area (Å²) in [6, 6.07) is 20.0. The number of benzene rings is 4. The smallest absolute Gasteiger partial charge is 0.493 e. The largest absolute Gasteiger partial charge is 0.513 e. The molecule has 6 rings (SSSR count). The van der Waals surface area contributed by atoms with Crippen LogP contribution in [0.3, 0.4) is 0 Å². The van der Waals surface area contributed by atoms with Gasteiger partial charge in [-0.15, -0.1) is 0 Å². The van der Waals surface area contributed by atoms with Crippen LogP contribution < -0.4 is 28.4 Å². The van der Waals surface area contributed by atoms with Crippen LogP contribution in [0.2, 0.25) is 0 Å². The van der Waals surface area contributed by atoms with Crippen LogP contribution in [-0.2, 0) is 39.9 Å². The molecule has 4 aromatic rings. The average molecular weight is 781 g/mol. The molecule has 0 aliphatic carbocycles. The molecule has 2 aliphatic heterocycles. The Morgan fingerprint density at radius 3 is 1.46 bits per heavy atom. The fraction of sp³-hybridized carbons (Fsp3) is 0.326. The van der Waals surface area contributed by atoms with E-state index < -0.39 is 18.5 Å². The lowest BCUT2D eigenvalue weighted by molar-refractivity contribution is 0.102. The third kappa shape index (κ3) is 10.0. The Balaban J connectivity index is 1.22. The first-order valence-electron chi connectivity index (χ1n) is 18.6. The van der Waals surface area contributed by atoms with E-state index in [1.54, 1.807) is 45.0 Å². The lowest BCUT2D eigenvalue weighted by atomic mass is 9.93. The summed E-state index contributed by atoms with van der Waals surface area (Å²) in [5.74, 6) is 2.29. The van der Waals surface area contributed by atoms with Gasteiger partial charge in [0.25, 0.3) is 0 Å². The Kier molecular flexibility index (Phi) is 13.3. The van der Waals surface area contributed by atoms with Gasteiger partial charge in [-0.1, -0.05) is 18.2 Å². The molecule has 0 unspecified atom stereocenters. The molecule has 0 radical (unpaired) electrons. The Hall–Kier alpha value is -6.57. The van der Waals surface area contributed by atoms with Crippen molar-refractivity contribution in [1.82, 2.24) is 0 Å². The number of carbonyl (C=O) groups is 3. The first kappa shape index (κ1) is 40.1. The molecule has 0 saturated heterocycles. The summed E-state index contributed by atoms with van der Waals surface area (Å²) in [5, 5.41) is 0. The molecule has 0 amide bonds. The molecule has 0 N–H and O–H groups in total. The molecule has 57 heavy (non-hydrogen) atoms. The summed E-state index contributed by atoms with van der Waals surface area (Å²) in [5.41, 5.74) is 7.12. The minimum absolute atomic E-state index is 0.142. The second kappa shape index (κ2) is 18.8. The summed E-state index contributed by atoms with van der Waals surface area (Å²) in [6.45, 7) is 6.76. The van der Waals surface area contributed by atoms with Gasteiger partial charge in [-0.05, 0) is 104 Å². The van der Waals surface area contributed by atoms with E-state index in [0.717, 1.165) is 51.2 Å². The first-order chi connectivity index (χ1) is 27.7. The maximum atomic E-state index is 12.4. The van der Waals surface area contributed by atoms with E-state index in [4.69, 9.17) is 52.6 Å². The van der Waals surface area contributed by atoms with E-state index >= 15 is 0 Å². The number of rotatable bonds is 14. The highest BCUT2D eigenvalue weighted by Crippen LogP contribution is 2.37. The quantitative estimate of drug-likeness (QED) is 0.0686. The van der Waals surface area contributed by atoms with Crippen molar-refractivity contribution in [3.8, 4) is 40.2 Å². The van der Waals surface area contributed by atoms with Gasteiger partial charge in [0, 0.05) is 48.5 Å². The van der Waals surface area contributed by atoms with Crippen LogP contribution in [-0.4, -0.2) is 77.0 Å². The van der Waals surface area contributed by atoms with Crippen molar-refractivity contribution in [3.05, 3.63) is 100 Å². The zero-order chi connectivity index (χ0) is 40.3. The standard InChI is InChI=1S/C43H44N2O12/c1-6-51-41(46)55-35-14-11-27(20-34-32-25-40(57-43(48)53-8-3)37(50-5)23-29(32)16-18-45-34)21-38(35)54-30-12-9-26(10-13-30)19-33-31-24-39(56-42(47)52-7-2)36(49-4)22-28(31)15-17-44-33/h9-14,21-25H,6-8,15-20H2,1-5H3. The molecule has 14 heteroatoms.